The molecule has 0 saturated heterocycles. The van der Waals surface area contributed by atoms with Crippen molar-refractivity contribution >= 4 is 11.9 Å². The quantitative estimate of drug-likeness (QED) is 0.683. The predicted octanol–water partition coefficient (Wildman–Crippen LogP) is 2.49. The van der Waals surface area contributed by atoms with Crippen molar-refractivity contribution in [1.82, 2.24) is 5.32 Å². The smallest absolute Gasteiger partial charge is 0.326 e. The molecule has 0 saturated carbocycles. The lowest BCUT2D eigenvalue weighted by molar-refractivity contribution is -0.139. The fraction of sp³-hybridized carbons (Fsp3) is 0.412. The molecule has 2 N–H and O–H groups in total. The van der Waals surface area contributed by atoms with E-state index in [1.807, 2.05) is 13.8 Å². The largest absolute Gasteiger partial charge is 0.493 e. The molecule has 0 aliphatic carbocycles. The molecule has 0 radical (unpaired) electrons. The van der Waals surface area contributed by atoms with Gasteiger partial charge in [-0.15, -0.1) is 0 Å². The van der Waals surface area contributed by atoms with E-state index in [-0.39, 0.29) is 5.92 Å². The van der Waals surface area contributed by atoms with E-state index in [4.69, 9.17) is 9.47 Å². The van der Waals surface area contributed by atoms with E-state index in [0.717, 1.165) is 0 Å². The lowest BCUT2D eigenvalue weighted by atomic mass is 10.0. The van der Waals surface area contributed by atoms with Gasteiger partial charge in [0.05, 0.1) is 7.11 Å². The number of nitrogens with one attached hydrogen (secondary N) is 1. The molecule has 0 aromatic heterocycles. The molecule has 0 heterocycles. The molecule has 6 nitrogen and oxygen atoms in total. The van der Waals surface area contributed by atoms with E-state index in [2.05, 4.69) is 11.9 Å². The molecule has 6 heteroatoms. The first-order chi connectivity index (χ1) is 10.9. The fourth-order valence-electron chi connectivity index (χ4n) is 2.01. The average Bonchev–Trinajstić information content (AvgIpc) is 2.51. The van der Waals surface area contributed by atoms with E-state index >= 15 is 0 Å². The number of hydrogen-bond acceptors (Lipinski definition) is 4. The highest BCUT2D eigenvalue weighted by Gasteiger charge is 2.22. The fourth-order valence-corrected chi connectivity index (χ4v) is 2.01. The molecule has 23 heavy (non-hydrogen) atoms. The van der Waals surface area contributed by atoms with E-state index in [0.29, 0.717) is 30.1 Å². The zero-order chi connectivity index (χ0) is 17.4. The third kappa shape index (κ3) is 5.65. The Morgan fingerprint density at radius 1 is 1.35 bits per heavy atom. The zero-order valence-corrected chi connectivity index (χ0v) is 13.7. The topological polar surface area (TPSA) is 84.9 Å². The van der Waals surface area contributed by atoms with Crippen molar-refractivity contribution in [3.8, 4) is 11.5 Å². The third-order valence-electron chi connectivity index (χ3n) is 3.09. The van der Waals surface area contributed by atoms with Crippen molar-refractivity contribution in [1.29, 1.82) is 0 Å². The van der Waals surface area contributed by atoms with Crippen molar-refractivity contribution in [3.05, 3.63) is 36.4 Å². The van der Waals surface area contributed by atoms with Gasteiger partial charge in [0.25, 0.3) is 5.91 Å². The van der Waals surface area contributed by atoms with Gasteiger partial charge >= 0.3 is 5.97 Å². The van der Waals surface area contributed by atoms with Crippen LogP contribution in [-0.2, 0) is 4.79 Å². The molecule has 1 aromatic carbocycles. The number of amides is 1. The van der Waals surface area contributed by atoms with Crippen molar-refractivity contribution in [2.45, 2.75) is 26.3 Å². The monoisotopic (exact) mass is 321 g/mol. The molecule has 0 aliphatic rings. The number of aliphatic carboxylic acids is 1. The SMILES string of the molecule is C=CCOc1ccc(C(=O)N[C@@H](CC(C)C)C(=O)O)cc1OC. The number of hydrogen-bond donors (Lipinski definition) is 2. The highest BCUT2D eigenvalue weighted by Crippen LogP contribution is 2.28. The molecule has 0 unspecified atom stereocenters. The Balaban J connectivity index is 2.90. The predicted molar refractivity (Wildman–Crippen MR) is 87.0 cm³/mol. The molecule has 0 fully saturated rings. The second-order valence-corrected chi connectivity index (χ2v) is 5.46. The Morgan fingerprint density at radius 3 is 2.57 bits per heavy atom. The lowest BCUT2D eigenvalue weighted by Gasteiger charge is -2.17. The van der Waals surface area contributed by atoms with Crippen LogP contribution in [0.2, 0.25) is 0 Å². The van der Waals surface area contributed by atoms with E-state index in [9.17, 15) is 14.7 Å². The summed E-state index contributed by atoms with van der Waals surface area (Å²) in [6, 6.07) is 3.76. The van der Waals surface area contributed by atoms with E-state index < -0.39 is 17.9 Å². The minimum atomic E-state index is -1.05. The highest BCUT2D eigenvalue weighted by molar-refractivity contribution is 5.97. The number of methoxy groups -OCH3 is 1. The first-order valence-corrected chi connectivity index (χ1v) is 7.34. The van der Waals surface area contributed by atoms with Crippen LogP contribution in [0.25, 0.3) is 0 Å². The molecular formula is C17H23NO5. The maximum atomic E-state index is 12.2. The molecule has 1 amide bonds. The van der Waals surface area contributed by atoms with Crippen LogP contribution < -0.4 is 14.8 Å². The van der Waals surface area contributed by atoms with Crippen LogP contribution in [-0.4, -0.2) is 36.7 Å². The molecule has 0 spiro atoms. The van der Waals surface area contributed by atoms with E-state index in [1.165, 1.54) is 13.2 Å². The van der Waals surface area contributed by atoms with E-state index in [1.54, 1.807) is 18.2 Å². The van der Waals surface area contributed by atoms with Gasteiger partial charge in [-0.2, -0.15) is 0 Å². The second kappa shape index (κ2) is 8.82. The van der Waals surface area contributed by atoms with Crippen LogP contribution in [0, 0.1) is 5.92 Å². The maximum absolute atomic E-state index is 12.2. The van der Waals surface area contributed by atoms with Crippen LogP contribution in [0.1, 0.15) is 30.6 Å². The summed E-state index contributed by atoms with van der Waals surface area (Å²) in [4.78, 5) is 23.5. The average molecular weight is 321 g/mol. The molecule has 1 rings (SSSR count). The summed E-state index contributed by atoms with van der Waals surface area (Å²) in [6.07, 6.45) is 1.96. The van der Waals surface area contributed by atoms with Crippen molar-refractivity contribution in [2.24, 2.45) is 5.92 Å². The van der Waals surface area contributed by atoms with Gasteiger partial charge in [-0.3, -0.25) is 4.79 Å². The van der Waals surface area contributed by atoms with Crippen LogP contribution >= 0.6 is 0 Å². The zero-order valence-electron chi connectivity index (χ0n) is 13.7. The summed E-state index contributed by atoms with van der Waals surface area (Å²) in [5, 5.41) is 11.7. The Kier molecular flexibility index (Phi) is 7.12. The third-order valence-corrected chi connectivity index (χ3v) is 3.09. The first kappa shape index (κ1) is 18.5. The van der Waals surface area contributed by atoms with Crippen LogP contribution in [0.5, 0.6) is 11.5 Å². The van der Waals surface area contributed by atoms with Crippen LogP contribution in [0.3, 0.4) is 0 Å². The Bertz CT molecular complexity index is 568. The minimum absolute atomic E-state index is 0.153. The summed E-state index contributed by atoms with van der Waals surface area (Å²) < 4.78 is 10.6. The first-order valence-electron chi connectivity index (χ1n) is 7.34. The summed E-state index contributed by atoms with van der Waals surface area (Å²) in [5.74, 6) is -0.478. The molecule has 1 atom stereocenters. The van der Waals surface area contributed by atoms with Gasteiger partial charge in [0.1, 0.15) is 12.6 Å². The number of carbonyl (C=O) groups excluding carboxylic acids is 1. The van der Waals surface area contributed by atoms with Gasteiger partial charge in [0, 0.05) is 5.56 Å². The Labute approximate surface area is 136 Å². The van der Waals surface area contributed by atoms with Gasteiger partial charge in [-0.25, -0.2) is 4.79 Å². The Morgan fingerprint density at radius 2 is 2.04 bits per heavy atom. The maximum Gasteiger partial charge on any atom is 0.326 e. The molecule has 0 aliphatic heterocycles. The van der Waals surface area contributed by atoms with Crippen molar-refractivity contribution < 1.29 is 24.2 Å². The summed E-state index contributed by atoms with van der Waals surface area (Å²) in [7, 11) is 1.47. The number of carbonyl (C=O) groups is 2. The van der Waals surface area contributed by atoms with Crippen molar-refractivity contribution in [2.75, 3.05) is 13.7 Å². The normalized spacial score (nSPS) is 11.7. The Hall–Kier alpha value is -2.50. The number of carboxylic acids is 1. The van der Waals surface area contributed by atoms with Crippen molar-refractivity contribution in [3.63, 3.8) is 0 Å². The minimum Gasteiger partial charge on any atom is -0.493 e. The molecule has 1 aromatic rings. The summed E-state index contributed by atoms with van der Waals surface area (Å²) in [5.41, 5.74) is 0.308. The molecule has 126 valence electrons. The van der Waals surface area contributed by atoms with Gasteiger partial charge in [-0.1, -0.05) is 26.5 Å². The number of ether oxygens (including phenoxy) is 2. The van der Waals surface area contributed by atoms with Gasteiger partial charge in [-0.05, 0) is 30.5 Å². The molecule has 0 bridgehead atoms. The summed E-state index contributed by atoms with van der Waals surface area (Å²) in [6.45, 7) is 7.68. The van der Waals surface area contributed by atoms with Gasteiger partial charge < -0.3 is 19.9 Å². The van der Waals surface area contributed by atoms with Gasteiger partial charge in [0.2, 0.25) is 0 Å². The number of rotatable bonds is 9. The molecular weight excluding hydrogens is 298 g/mol. The van der Waals surface area contributed by atoms with Crippen LogP contribution in [0.4, 0.5) is 0 Å². The van der Waals surface area contributed by atoms with Gasteiger partial charge in [0.15, 0.2) is 11.5 Å². The highest BCUT2D eigenvalue weighted by atomic mass is 16.5. The van der Waals surface area contributed by atoms with Crippen LogP contribution in [0.15, 0.2) is 30.9 Å². The number of benzene rings is 1. The summed E-state index contributed by atoms with van der Waals surface area (Å²) >= 11 is 0. The standard InChI is InChI=1S/C17H23NO5/c1-5-8-23-14-7-6-12(10-15(14)22-4)16(19)18-13(17(20)21)9-11(2)3/h5-7,10-11,13H,1,8-9H2,2-4H3,(H,18,19)(H,20,21)/t13-/m0/s1. The number of carboxylic acid groups (broad SMARTS) is 1. The lowest BCUT2D eigenvalue weighted by Crippen LogP contribution is -2.41. The second-order valence-electron chi connectivity index (χ2n) is 5.46.